The molecule has 0 spiro atoms. The van der Waals surface area contributed by atoms with E-state index in [1.54, 1.807) is 0 Å². The van der Waals surface area contributed by atoms with Crippen molar-refractivity contribution in [3.63, 3.8) is 0 Å². The quantitative estimate of drug-likeness (QED) is 0.168. The smallest absolute Gasteiger partial charge is 0.233 e. The van der Waals surface area contributed by atoms with Gasteiger partial charge in [-0.15, -0.1) is 11.8 Å². The van der Waals surface area contributed by atoms with E-state index in [2.05, 4.69) is 21.3 Å². The topological polar surface area (TPSA) is 126 Å². The van der Waals surface area contributed by atoms with Crippen LogP contribution in [-0.4, -0.2) is 137 Å². The van der Waals surface area contributed by atoms with E-state index < -0.39 is 11.2 Å². The third-order valence-electron chi connectivity index (χ3n) is 5.04. The summed E-state index contributed by atoms with van der Waals surface area (Å²) in [6, 6.07) is 0.0220. The number of likely N-dealkylation sites (N-methyl/N-ethyl adjacent to an activating group) is 3. The first-order valence-corrected chi connectivity index (χ1v) is 13.6. The highest BCUT2D eigenvalue weighted by atomic mass is 32.2. The van der Waals surface area contributed by atoms with Crippen LogP contribution in [0.2, 0.25) is 0 Å². The summed E-state index contributed by atoms with van der Waals surface area (Å²) in [6.07, 6.45) is 0.104. The highest BCUT2D eigenvalue weighted by Gasteiger charge is 2.35. The molecule has 0 saturated carbocycles. The molecule has 2 atom stereocenters. The number of hydrogen-bond acceptors (Lipinski definition) is 8. The maximum absolute atomic E-state index is 13.2. The maximum atomic E-state index is 13.2. The molecule has 0 heterocycles. The summed E-state index contributed by atoms with van der Waals surface area (Å²) < 4.78 is 0. The minimum absolute atomic E-state index is 0.0220. The summed E-state index contributed by atoms with van der Waals surface area (Å²) in [4.78, 5) is 57.1. The van der Waals surface area contributed by atoms with Crippen LogP contribution in [0.3, 0.4) is 0 Å². The van der Waals surface area contributed by atoms with Crippen LogP contribution in [0.5, 0.6) is 0 Å². The lowest BCUT2D eigenvalue weighted by Gasteiger charge is -2.26. The molecule has 2 unspecified atom stereocenters. The fourth-order valence-electron chi connectivity index (χ4n) is 3.11. The molecule has 0 aliphatic heterocycles. The van der Waals surface area contributed by atoms with Gasteiger partial charge in [-0.05, 0) is 56.1 Å². The lowest BCUT2D eigenvalue weighted by molar-refractivity contribution is -0.133. The van der Waals surface area contributed by atoms with E-state index in [1.807, 2.05) is 70.8 Å². The van der Waals surface area contributed by atoms with Crippen molar-refractivity contribution in [1.29, 1.82) is 0 Å². The molecular weight excluding hydrogens is 482 g/mol. The van der Waals surface area contributed by atoms with Crippen LogP contribution >= 0.6 is 11.8 Å². The van der Waals surface area contributed by atoms with Crippen molar-refractivity contribution in [3.05, 3.63) is 0 Å². The average molecular weight is 532 g/mol. The third-order valence-corrected chi connectivity index (χ3v) is 6.38. The van der Waals surface area contributed by atoms with Crippen LogP contribution in [0.25, 0.3) is 0 Å². The zero-order valence-corrected chi connectivity index (χ0v) is 24.3. The number of carbonyl (C=O) groups excluding carboxylic acids is 4. The van der Waals surface area contributed by atoms with Gasteiger partial charge in [0.1, 0.15) is 0 Å². The van der Waals surface area contributed by atoms with Crippen LogP contribution in [0, 0.1) is 5.92 Å². The van der Waals surface area contributed by atoms with Crippen LogP contribution in [0.15, 0.2) is 0 Å². The predicted octanol–water partition coefficient (Wildman–Crippen LogP) is -0.957. The predicted molar refractivity (Wildman–Crippen MR) is 147 cm³/mol. The number of thioether (sulfide) groups is 1. The number of hydrogen-bond donors (Lipinski definition) is 4. The van der Waals surface area contributed by atoms with Crippen molar-refractivity contribution in [1.82, 2.24) is 36.0 Å². The van der Waals surface area contributed by atoms with Gasteiger partial charge in [-0.25, -0.2) is 0 Å². The van der Waals surface area contributed by atoms with Crippen molar-refractivity contribution < 1.29 is 19.2 Å². The molecule has 36 heavy (non-hydrogen) atoms. The fourth-order valence-corrected chi connectivity index (χ4v) is 4.36. The monoisotopic (exact) mass is 531 g/mol. The Labute approximate surface area is 221 Å². The average Bonchev–Trinajstić information content (AvgIpc) is 2.74. The van der Waals surface area contributed by atoms with E-state index in [0.717, 1.165) is 0 Å². The third kappa shape index (κ3) is 17.5. The molecule has 12 heteroatoms. The molecule has 4 N–H and O–H groups in total. The number of carbonyl (C=O) groups is 4. The zero-order chi connectivity index (χ0) is 27.7. The van der Waals surface area contributed by atoms with Crippen molar-refractivity contribution in [3.8, 4) is 0 Å². The summed E-state index contributed by atoms with van der Waals surface area (Å²) in [6.45, 7) is 6.98. The molecule has 0 rings (SSSR count). The molecule has 0 aliphatic rings. The van der Waals surface area contributed by atoms with Gasteiger partial charge in [-0.1, -0.05) is 0 Å². The highest BCUT2D eigenvalue weighted by Crippen LogP contribution is 2.25. The molecule has 0 aromatic rings. The van der Waals surface area contributed by atoms with E-state index in [0.29, 0.717) is 45.0 Å². The lowest BCUT2D eigenvalue weighted by atomic mass is 9.98. The van der Waals surface area contributed by atoms with Crippen LogP contribution in [0.4, 0.5) is 0 Å². The summed E-state index contributed by atoms with van der Waals surface area (Å²) in [5.41, 5.74) is 0. The normalized spacial score (nSPS) is 13.1. The van der Waals surface area contributed by atoms with Crippen LogP contribution < -0.4 is 21.3 Å². The zero-order valence-electron chi connectivity index (χ0n) is 23.5. The van der Waals surface area contributed by atoms with Crippen molar-refractivity contribution in [2.24, 2.45) is 5.92 Å². The first-order valence-electron chi connectivity index (χ1n) is 12.5. The summed E-state index contributed by atoms with van der Waals surface area (Å²) >= 11 is 1.24. The molecule has 0 aliphatic carbocycles. The number of rotatable bonds is 19. The second kappa shape index (κ2) is 19.3. The molecule has 210 valence electrons. The van der Waals surface area contributed by atoms with Gasteiger partial charge in [0, 0.05) is 63.9 Å². The van der Waals surface area contributed by atoms with Crippen molar-refractivity contribution >= 4 is 35.4 Å². The van der Waals surface area contributed by atoms with Gasteiger partial charge >= 0.3 is 0 Å². The summed E-state index contributed by atoms with van der Waals surface area (Å²) in [7, 11) is 11.4. The SMILES string of the molecule is CC(C)NC(=O)CCSC(C(=O)NCCN(C)C)C(CC(=O)NCCN(C)C)C(=O)NCCN(C)C. The Morgan fingerprint density at radius 1 is 0.694 bits per heavy atom. The Hall–Kier alpha value is -1.89. The van der Waals surface area contributed by atoms with Gasteiger partial charge in [0.05, 0.1) is 11.2 Å². The maximum Gasteiger partial charge on any atom is 0.233 e. The number of amides is 4. The van der Waals surface area contributed by atoms with Gasteiger partial charge in [0.25, 0.3) is 0 Å². The Morgan fingerprint density at radius 3 is 1.64 bits per heavy atom. The van der Waals surface area contributed by atoms with E-state index in [-0.39, 0.29) is 42.5 Å². The molecule has 0 saturated heterocycles. The van der Waals surface area contributed by atoms with E-state index in [4.69, 9.17) is 0 Å². The molecule has 4 amide bonds. The Bertz CT molecular complexity index is 675. The second-order valence-electron chi connectivity index (χ2n) is 9.92. The largest absolute Gasteiger partial charge is 0.355 e. The van der Waals surface area contributed by atoms with Crippen LogP contribution in [-0.2, 0) is 19.2 Å². The van der Waals surface area contributed by atoms with E-state index in [1.165, 1.54) is 11.8 Å². The van der Waals surface area contributed by atoms with Crippen LogP contribution in [0.1, 0.15) is 26.7 Å². The molecule has 11 nitrogen and oxygen atoms in total. The van der Waals surface area contributed by atoms with Gasteiger partial charge in [0.15, 0.2) is 0 Å². The van der Waals surface area contributed by atoms with Crippen molar-refractivity contribution in [2.75, 3.05) is 87.3 Å². The van der Waals surface area contributed by atoms with E-state index in [9.17, 15) is 19.2 Å². The molecule has 0 fully saturated rings. The van der Waals surface area contributed by atoms with Gasteiger partial charge in [-0.2, -0.15) is 0 Å². The molecule has 0 aromatic heterocycles. The lowest BCUT2D eigenvalue weighted by Crippen LogP contribution is -2.48. The fraction of sp³-hybridized carbons (Fsp3) is 0.833. The minimum Gasteiger partial charge on any atom is -0.355 e. The Morgan fingerprint density at radius 2 is 1.17 bits per heavy atom. The standard InChI is InChI=1S/C24H49N7O4S/c1-18(2)28-20(32)9-16-36-22(24(35)27-12-15-31(7)8)19(23(34)26-11-14-30(5)6)17-21(33)25-10-13-29(3)4/h18-19,22H,9-17H2,1-8H3,(H,25,33)(H,26,34)(H,27,35)(H,28,32). The van der Waals surface area contributed by atoms with Gasteiger partial charge in [-0.3, -0.25) is 19.2 Å². The first-order chi connectivity index (χ1) is 16.8. The molecule has 0 bridgehead atoms. The highest BCUT2D eigenvalue weighted by molar-refractivity contribution is 8.00. The molecular formula is C24H49N7O4S. The molecule has 0 aromatic carbocycles. The Kier molecular flexibility index (Phi) is 18.2. The summed E-state index contributed by atoms with van der Waals surface area (Å²) in [5.74, 6) is -1.56. The number of nitrogens with one attached hydrogen (secondary N) is 4. The van der Waals surface area contributed by atoms with Gasteiger partial charge < -0.3 is 36.0 Å². The second-order valence-corrected chi connectivity index (χ2v) is 11.2. The minimum atomic E-state index is -0.871. The Balaban J connectivity index is 5.58. The molecule has 0 radical (unpaired) electrons. The van der Waals surface area contributed by atoms with Crippen molar-refractivity contribution in [2.45, 2.75) is 38.0 Å². The van der Waals surface area contributed by atoms with Gasteiger partial charge in [0.2, 0.25) is 23.6 Å². The number of nitrogens with zero attached hydrogens (tertiary/aromatic N) is 3. The van der Waals surface area contributed by atoms with E-state index >= 15 is 0 Å². The first kappa shape index (κ1) is 34.1. The summed E-state index contributed by atoms with van der Waals surface area (Å²) in [5, 5.41) is 10.6.